The van der Waals surface area contributed by atoms with Crippen molar-refractivity contribution in [2.75, 3.05) is 12.3 Å². The van der Waals surface area contributed by atoms with Gasteiger partial charge in [-0.2, -0.15) is 13.2 Å². The van der Waals surface area contributed by atoms with Crippen LogP contribution in [0.2, 0.25) is 0 Å². The van der Waals surface area contributed by atoms with Gasteiger partial charge in [0.2, 0.25) is 0 Å². The first-order valence-electron chi connectivity index (χ1n) is 5.50. The van der Waals surface area contributed by atoms with Gasteiger partial charge in [-0.1, -0.05) is 12.2 Å². The van der Waals surface area contributed by atoms with Gasteiger partial charge in [-0.3, -0.25) is 4.79 Å². The highest BCUT2D eigenvalue weighted by Gasteiger charge is 2.34. The summed E-state index contributed by atoms with van der Waals surface area (Å²) < 4.78 is 42.7. The molecule has 0 bridgehead atoms. The Kier molecular flexibility index (Phi) is 4.91. The summed E-state index contributed by atoms with van der Waals surface area (Å²) in [6.07, 6.45) is -2.24. The van der Waals surface area contributed by atoms with Crippen molar-refractivity contribution in [1.29, 1.82) is 0 Å². The molecule has 0 unspecified atom stereocenters. The van der Waals surface area contributed by atoms with Crippen molar-refractivity contribution in [2.24, 2.45) is 0 Å². The number of halogens is 3. The van der Waals surface area contributed by atoms with Crippen LogP contribution in [-0.4, -0.2) is 17.6 Å². The van der Waals surface area contributed by atoms with Gasteiger partial charge in [-0.25, -0.2) is 4.98 Å². The molecule has 0 saturated carbocycles. The zero-order chi connectivity index (χ0) is 14.5. The van der Waals surface area contributed by atoms with E-state index in [4.69, 9.17) is 5.73 Å². The van der Waals surface area contributed by atoms with Crippen LogP contribution < -0.4 is 5.73 Å². The highest BCUT2D eigenvalue weighted by atomic mass is 19.4. The molecule has 1 rings (SSSR count). The SMILES string of the molecule is CCOC(=O)CC=Cc1ccc(N)nc1C(F)(F)F. The zero-order valence-electron chi connectivity index (χ0n) is 10.2. The molecule has 0 atom stereocenters. The topological polar surface area (TPSA) is 65.2 Å². The summed E-state index contributed by atoms with van der Waals surface area (Å²) in [6.45, 7) is 1.87. The van der Waals surface area contributed by atoms with Crippen LogP contribution in [-0.2, 0) is 15.7 Å². The van der Waals surface area contributed by atoms with Crippen LogP contribution in [0, 0.1) is 0 Å². The number of nitrogens with zero attached hydrogens (tertiary/aromatic N) is 1. The fourth-order valence-corrected chi connectivity index (χ4v) is 1.35. The van der Waals surface area contributed by atoms with E-state index < -0.39 is 17.8 Å². The van der Waals surface area contributed by atoms with Gasteiger partial charge >= 0.3 is 12.1 Å². The molecule has 1 aromatic heterocycles. The molecule has 0 aliphatic heterocycles. The van der Waals surface area contributed by atoms with Gasteiger partial charge in [0, 0.05) is 5.56 Å². The molecule has 0 aromatic carbocycles. The van der Waals surface area contributed by atoms with Crippen molar-refractivity contribution in [3.8, 4) is 0 Å². The lowest BCUT2D eigenvalue weighted by molar-refractivity contribution is -0.142. The highest BCUT2D eigenvalue weighted by molar-refractivity contribution is 5.72. The second-order valence-corrected chi connectivity index (χ2v) is 3.58. The minimum Gasteiger partial charge on any atom is -0.466 e. The average Bonchev–Trinajstić information content (AvgIpc) is 2.30. The van der Waals surface area contributed by atoms with Crippen LogP contribution in [0.3, 0.4) is 0 Å². The number of alkyl halides is 3. The summed E-state index contributed by atoms with van der Waals surface area (Å²) >= 11 is 0. The van der Waals surface area contributed by atoms with E-state index in [1.807, 2.05) is 0 Å². The number of nitrogen functional groups attached to an aromatic ring is 1. The Bertz CT molecular complexity index is 484. The van der Waals surface area contributed by atoms with E-state index in [0.29, 0.717) is 0 Å². The summed E-state index contributed by atoms with van der Waals surface area (Å²) in [5, 5.41) is 0. The van der Waals surface area contributed by atoms with Crippen LogP contribution in [0.15, 0.2) is 18.2 Å². The largest absolute Gasteiger partial charge is 0.466 e. The van der Waals surface area contributed by atoms with E-state index in [2.05, 4.69) is 9.72 Å². The Balaban J connectivity index is 2.89. The zero-order valence-corrected chi connectivity index (χ0v) is 10.2. The number of carbonyl (C=O) groups excluding carboxylic acids is 1. The predicted octanol–water partition coefficient (Wildman–Crippen LogP) is 2.65. The molecule has 0 aliphatic carbocycles. The van der Waals surface area contributed by atoms with Gasteiger partial charge in [0.1, 0.15) is 5.82 Å². The molecule has 0 saturated heterocycles. The molecule has 0 aliphatic rings. The van der Waals surface area contributed by atoms with E-state index in [-0.39, 0.29) is 24.4 Å². The summed E-state index contributed by atoms with van der Waals surface area (Å²) in [7, 11) is 0. The quantitative estimate of drug-likeness (QED) is 0.857. The van der Waals surface area contributed by atoms with Crippen LogP contribution in [0.1, 0.15) is 24.6 Å². The molecule has 0 spiro atoms. The van der Waals surface area contributed by atoms with E-state index in [1.54, 1.807) is 6.92 Å². The van der Waals surface area contributed by atoms with E-state index in [9.17, 15) is 18.0 Å². The Hall–Kier alpha value is -2.05. The minimum atomic E-state index is -4.60. The maximum absolute atomic E-state index is 12.7. The van der Waals surface area contributed by atoms with Crippen molar-refractivity contribution < 1.29 is 22.7 Å². The summed E-state index contributed by atoms with van der Waals surface area (Å²) in [5.41, 5.74) is 4.01. The number of hydrogen-bond acceptors (Lipinski definition) is 4. The molecule has 19 heavy (non-hydrogen) atoms. The van der Waals surface area contributed by atoms with Crippen molar-refractivity contribution in [1.82, 2.24) is 4.98 Å². The second kappa shape index (κ2) is 6.21. The molecule has 0 amide bonds. The molecular weight excluding hydrogens is 261 g/mol. The van der Waals surface area contributed by atoms with E-state index in [1.165, 1.54) is 24.3 Å². The maximum atomic E-state index is 12.7. The van der Waals surface area contributed by atoms with Gasteiger partial charge in [0.25, 0.3) is 0 Å². The number of pyridine rings is 1. The lowest BCUT2D eigenvalue weighted by Gasteiger charge is -2.09. The third-order valence-electron chi connectivity index (χ3n) is 2.10. The molecule has 7 heteroatoms. The second-order valence-electron chi connectivity index (χ2n) is 3.58. The van der Waals surface area contributed by atoms with Gasteiger partial charge in [0.15, 0.2) is 5.69 Å². The van der Waals surface area contributed by atoms with Crippen LogP contribution in [0.4, 0.5) is 19.0 Å². The maximum Gasteiger partial charge on any atom is 0.434 e. The number of nitrogens with two attached hydrogens (primary N) is 1. The molecule has 4 nitrogen and oxygen atoms in total. The van der Waals surface area contributed by atoms with Gasteiger partial charge < -0.3 is 10.5 Å². The fourth-order valence-electron chi connectivity index (χ4n) is 1.35. The van der Waals surface area contributed by atoms with Crippen molar-refractivity contribution in [3.05, 3.63) is 29.5 Å². The van der Waals surface area contributed by atoms with Gasteiger partial charge in [-0.15, -0.1) is 0 Å². The number of aromatic nitrogens is 1. The Morgan fingerprint density at radius 1 is 1.47 bits per heavy atom. The fraction of sp³-hybridized carbons (Fsp3) is 0.333. The third kappa shape index (κ3) is 4.61. The molecule has 104 valence electrons. The first-order valence-corrected chi connectivity index (χ1v) is 5.50. The molecule has 2 N–H and O–H groups in total. The van der Waals surface area contributed by atoms with Crippen LogP contribution >= 0.6 is 0 Å². The van der Waals surface area contributed by atoms with E-state index >= 15 is 0 Å². The van der Waals surface area contributed by atoms with E-state index in [0.717, 1.165) is 0 Å². The average molecular weight is 274 g/mol. The lowest BCUT2D eigenvalue weighted by Crippen LogP contribution is -2.11. The van der Waals surface area contributed by atoms with Gasteiger partial charge in [-0.05, 0) is 19.1 Å². The number of rotatable bonds is 4. The molecule has 1 aromatic rings. The highest BCUT2D eigenvalue weighted by Crippen LogP contribution is 2.31. The number of hydrogen-bond donors (Lipinski definition) is 1. The first kappa shape index (κ1) is 15.0. The predicted molar refractivity (Wildman–Crippen MR) is 63.9 cm³/mol. The molecule has 1 heterocycles. The minimum absolute atomic E-state index is 0.102. The standard InChI is InChI=1S/C12H13F3N2O2/c1-2-19-10(18)5-3-4-8-6-7-9(16)17-11(8)12(13,14)15/h3-4,6-7H,2,5H2,1H3,(H2,16,17). The summed E-state index contributed by atoms with van der Waals surface area (Å²) in [4.78, 5) is 14.3. The monoisotopic (exact) mass is 274 g/mol. The van der Waals surface area contributed by atoms with Crippen molar-refractivity contribution in [3.63, 3.8) is 0 Å². The first-order chi connectivity index (χ1) is 8.84. The summed E-state index contributed by atoms with van der Waals surface area (Å²) in [5.74, 6) is -0.717. The number of anilines is 1. The molecular formula is C12H13F3N2O2. The smallest absolute Gasteiger partial charge is 0.434 e. The Morgan fingerprint density at radius 3 is 2.74 bits per heavy atom. The number of esters is 1. The summed E-state index contributed by atoms with van der Waals surface area (Å²) in [6, 6.07) is 2.46. The molecule has 0 radical (unpaired) electrons. The Morgan fingerprint density at radius 2 is 2.16 bits per heavy atom. The Labute approximate surface area is 108 Å². The van der Waals surface area contributed by atoms with Crippen molar-refractivity contribution >= 4 is 17.9 Å². The van der Waals surface area contributed by atoms with Crippen LogP contribution in [0.5, 0.6) is 0 Å². The normalized spacial score (nSPS) is 11.8. The van der Waals surface area contributed by atoms with Gasteiger partial charge in [0.05, 0.1) is 13.0 Å². The lowest BCUT2D eigenvalue weighted by atomic mass is 10.1. The molecule has 0 fully saturated rings. The van der Waals surface area contributed by atoms with Crippen LogP contribution in [0.25, 0.3) is 6.08 Å². The number of ether oxygens (including phenoxy) is 1. The third-order valence-corrected chi connectivity index (χ3v) is 2.10. The number of carbonyl (C=O) groups is 1. The van der Waals surface area contributed by atoms with Crippen molar-refractivity contribution in [2.45, 2.75) is 19.5 Å².